The summed E-state index contributed by atoms with van der Waals surface area (Å²) in [5.74, 6) is 0. The molecular formula is C14H18N2. The summed E-state index contributed by atoms with van der Waals surface area (Å²) >= 11 is 0. The topological polar surface area (TPSA) is 27.0 Å². The summed E-state index contributed by atoms with van der Waals surface area (Å²) in [6, 6.07) is 8.49. The minimum atomic E-state index is 0.851. The van der Waals surface area contributed by atoms with Gasteiger partial charge in [0.05, 0.1) is 11.3 Å². The van der Waals surface area contributed by atoms with Crippen LogP contribution in [-0.2, 0) is 0 Å². The highest BCUT2D eigenvalue weighted by atomic mass is 15.1. The van der Waals surface area contributed by atoms with Gasteiger partial charge in [0.15, 0.2) is 0 Å². The second-order valence-electron chi connectivity index (χ2n) is 4.48. The molecule has 1 aromatic carbocycles. The monoisotopic (exact) mass is 214 g/mol. The van der Waals surface area contributed by atoms with Crippen molar-refractivity contribution in [1.82, 2.24) is 0 Å². The average Bonchev–Trinajstić information content (AvgIpc) is 2.57. The van der Waals surface area contributed by atoms with Crippen molar-refractivity contribution < 1.29 is 0 Å². The Morgan fingerprint density at radius 2 is 1.81 bits per heavy atom. The Labute approximate surface area is 97.5 Å². The summed E-state index contributed by atoms with van der Waals surface area (Å²) in [6.07, 6.45) is 5.14. The predicted octanol–water partition coefficient (Wildman–Crippen LogP) is 3.25. The number of hydrogen-bond acceptors (Lipinski definition) is 2. The van der Waals surface area contributed by atoms with E-state index in [1.54, 1.807) is 0 Å². The zero-order chi connectivity index (χ0) is 11.4. The Balaban J connectivity index is 2.31. The van der Waals surface area contributed by atoms with Gasteiger partial charge < -0.3 is 4.90 Å². The summed E-state index contributed by atoms with van der Waals surface area (Å²) in [7, 11) is 0. The van der Waals surface area contributed by atoms with Gasteiger partial charge in [0.2, 0.25) is 0 Å². The molecule has 0 radical (unpaired) electrons. The lowest BCUT2D eigenvalue weighted by Crippen LogP contribution is -2.24. The molecule has 0 saturated carbocycles. The number of rotatable bonds is 1. The molecule has 2 nitrogen and oxygen atoms in total. The van der Waals surface area contributed by atoms with Crippen molar-refractivity contribution in [1.29, 1.82) is 5.26 Å². The Morgan fingerprint density at radius 1 is 1.12 bits per heavy atom. The number of anilines is 1. The van der Waals surface area contributed by atoms with E-state index >= 15 is 0 Å². The van der Waals surface area contributed by atoms with Crippen LogP contribution in [0.1, 0.15) is 36.8 Å². The first kappa shape index (κ1) is 11.0. The van der Waals surface area contributed by atoms with Gasteiger partial charge in [-0.25, -0.2) is 0 Å². The number of aryl methyl sites for hydroxylation is 1. The van der Waals surface area contributed by atoms with Gasteiger partial charge in [0, 0.05) is 13.1 Å². The van der Waals surface area contributed by atoms with E-state index in [2.05, 4.69) is 23.1 Å². The van der Waals surface area contributed by atoms with Crippen LogP contribution in [0.15, 0.2) is 18.2 Å². The maximum atomic E-state index is 9.22. The van der Waals surface area contributed by atoms with E-state index in [-0.39, 0.29) is 0 Å². The molecule has 1 heterocycles. The van der Waals surface area contributed by atoms with E-state index in [0.29, 0.717) is 0 Å². The lowest BCUT2D eigenvalue weighted by Gasteiger charge is -2.24. The standard InChI is InChI=1S/C14H18N2/c1-12-7-6-8-14(13(12)11-15)16-9-4-2-3-5-10-16/h6-8H,2-5,9-10H2,1H3. The van der Waals surface area contributed by atoms with E-state index in [0.717, 1.165) is 29.9 Å². The number of hydrogen-bond donors (Lipinski definition) is 0. The lowest BCUT2D eigenvalue weighted by molar-refractivity contribution is 0.726. The molecule has 84 valence electrons. The molecule has 0 N–H and O–H groups in total. The third kappa shape index (κ3) is 2.19. The van der Waals surface area contributed by atoms with Gasteiger partial charge >= 0.3 is 0 Å². The minimum absolute atomic E-state index is 0.851. The molecule has 0 unspecified atom stereocenters. The molecule has 1 aliphatic rings. The van der Waals surface area contributed by atoms with Crippen LogP contribution in [0.25, 0.3) is 0 Å². The second kappa shape index (κ2) is 5.03. The molecule has 1 aromatic rings. The number of nitrogens with zero attached hydrogens (tertiary/aromatic N) is 2. The first-order valence-corrected chi connectivity index (χ1v) is 6.07. The van der Waals surface area contributed by atoms with Gasteiger partial charge in [-0.15, -0.1) is 0 Å². The molecule has 2 rings (SSSR count). The third-order valence-electron chi connectivity index (χ3n) is 3.31. The van der Waals surface area contributed by atoms with Gasteiger partial charge in [-0.3, -0.25) is 0 Å². The van der Waals surface area contributed by atoms with Crippen LogP contribution in [0, 0.1) is 18.3 Å². The van der Waals surface area contributed by atoms with Crippen molar-refractivity contribution in [2.45, 2.75) is 32.6 Å². The number of benzene rings is 1. The van der Waals surface area contributed by atoms with E-state index in [9.17, 15) is 5.26 Å². The Kier molecular flexibility index (Phi) is 3.46. The van der Waals surface area contributed by atoms with E-state index in [4.69, 9.17) is 0 Å². The van der Waals surface area contributed by atoms with Gasteiger partial charge in [-0.2, -0.15) is 5.26 Å². The van der Waals surface area contributed by atoms with Crippen LogP contribution in [-0.4, -0.2) is 13.1 Å². The highest BCUT2D eigenvalue weighted by molar-refractivity contribution is 5.62. The molecule has 2 heteroatoms. The Bertz CT molecular complexity index is 396. The highest BCUT2D eigenvalue weighted by Crippen LogP contribution is 2.25. The van der Waals surface area contributed by atoms with Crippen LogP contribution in [0.5, 0.6) is 0 Å². The molecule has 16 heavy (non-hydrogen) atoms. The van der Waals surface area contributed by atoms with Gasteiger partial charge in [0.1, 0.15) is 6.07 Å². The van der Waals surface area contributed by atoms with E-state index < -0.39 is 0 Å². The SMILES string of the molecule is Cc1cccc(N2CCCCCC2)c1C#N. The Hall–Kier alpha value is -1.49. The van der Waals surface area contributed by atoms with Crippen molar-refractivity contribution in [3.05, 3.63) is 29.3 Å². The van der Waals surface area contributed by atoms with Gasteiger partial charge in [-0.1, -0.05) is 25.0 Å². The molecule has 0 amide bonds. The van der Waals surface area contributed by atoms with Crippen molar-refractivity contribution >= 4 is 5.69 Å². The summed E-state index contributed by atoms with van der Waals surface area (Å²) in [5.41, 5.74) is 3.07. The van der Waals surface area contributed by atoms with E-state index in [1.807, 2.05) is 13.0 Å². The van der Waals surface area contributed by atoms with Crippen molar-refractivity contribution in [2.75, 3.05) is 18.0 Å². The van der Waals surface area contributed by atoms with Crippen LogP contribution >= 0.6 is 0 Å². The summed E-state index contributed by atoms with van der Waals surface area (Å²) < 4.78 is 0. The average molecular weight is 214 g/mol. The fourth-order valence-corrected chi connectivity index (χ4v) is 2.37. The van der Waals surface area contributed by atoms with Crippen LogP contribution in [0.2, 0.25) is 0 Å². The molecule has 1 aliphatic heterocycles. The van der Waals surface area contributed by atoms with Crippen molar-refractivity contribution in [3.8, 4) is 6.07 Å². The van der Waals surface area contributed by atoms with E-state index in [1.165, 1.54) is 25.7 Å². The minimum Gasteiger partial charge on any atom is -0.370 e. The van der Waals surface area contributed by atoms with Crippen molar-refractivity contribution in [3.63, 3.8) is 0 Å². The molecule has 0 aromatic heterocycles. The van der Waals surface area contributed by atoms with Gasteiger partial charge in [0.25, 0.3) is 0 Å². The maximum absolute atomic E-state index is 9.22. The number of nitriles is 1. The molecule has 0 atom stereocenters. The summed E-state index contributed by atoms with van der Waals surface area (Å²) in [4.78, 5) is 2.37. The second-order valence-corrected chi connectivity index (χ2v) is 4.48. The molecule has 0 bridgehead atoms. The lowest BCUT2D eigenvalue weighted by atomic mass is 10.1. The highest BCUT2D eigenvalue weighted by Gasteiger charge is 2.14. The molecule has 0 aliphatic carbocycles. The molecule has 1 fully saturated rings. The molecule has 1 saturated heterocycles. The zero-order valence-corrected chi connectivity index (χ0v) is 9.87. The van der Waals surface area contributed by atoms with Crippen LogP contribution in [0.3, 0.4) is 0 Å². The van der Waals surface area contributed by atoms with Gasteiger partial charge in [-0.05, 0) is 31.4 Å². The predicted molar refractivity (Wildman–Crippen MR) is 66.6 cm³/mol. The van der Waals surface area contributed by atoms with Crippen LogP contribution < -0.4 is 4.90 Å². The fourth-order valence-electron chi connectivity index (χ4n) is 2.37. The summed E-state index contributed by atoms with van der Waals surface area (Å²) in [6.45, 7) is 4.20. The first-order valence-electron chi connectivity index (χ1n) is 6.07. The largest absolute Gasteiger partial charge is 0.370 e. The smallest absolute Gasteiger partial charge is 0.102 e. The van der Waals surface area contributed by atoms with Crippen molar-refractivity contribution in [2.24, 2.45) is 0 Å². The third-order valence-corrected chi connectivity index (χ3v) is 3.31. The molecule has 0 spiro atoms. The van der Waals surface area contributed by atoms with Crippen LogP contribution in [0.4, 0.5) is 5.69 Å². The normalized spacial score (nSPS) is 16.6. The Morgan fingerprint density at radius 3 is 2.44 bits per heavy atom. The summed E-state index contributed by atoms with van der Waals surface area (Å²) in [5, 5.41) is 9.22. The maximum Gasteiger partial charge on any atom is 0.102 e. The zero-order valence-electron chi connectivity index (χ0n) is 9.87. The fraction of sp³-hybridized carbons (Fsp3) is 0.500. The molecular weight excluding hydrogens is 196 g/mol. The quantitative estimate of drug-likeness (QED) is 0.717. The first-order chi connectivity index (χ1) is 7.83.